The van der Waals surface area contributed by atoms with E-state index in [1.54, 1.807) is 6.07 Å². The van der Waals surface area contributed by atoms with Crippen LogP contribution in [0.2, 0.25) is 0 Å². The highest BCUT2D eigenvalue weighted by molar-refractivity contribution is 5.78. The van der Waals surface area contributed by atoms with E-state index in [1.165, 1.54) is 17.2 Å². The number of alkyl halides is 3. The summed E-state index contributed by atoms with van der Waals surface area (Å²) in [6.45, 7) is 4.65. The number of likely N-dealkylation sites (tertiary alicyclic amines) is 1. The average molecular weight is 557 g/mol. The van der Waals surface area contributed by atoms with Gasteiger partial charge in [-0.15, -0.1) is 0 Å². The van der Waals surface area contributed by atoms with E-state index < -0.39 is 11.7 Å². The first kappa shape index (κ1) is 27.7. The number of ether oxygens (including phenoxy) is 1. The van der Waals surface area contributed by atoms with E-state index in [-0.39, 0.29) is 18.5 Å². The molecule has 4 heterocycles. The average Bonchev–Trinajstić information content (AvgIpc) is 3.40. The molecule has 2 aromatic rings. The van der Waals surface area contributed by atoms with Crippen LogP contribution in [0, 0.1) is 5.92 Å². The number of nitrogens with one attached hydrogen (secondary N) is 1. The second-order valence-electron chi connectivity index (χ2n) is 12.1. The van der Waals surface area contributed by atoms with Crippen LogP contribution in [0.4, 0.5) is 13.2 Å². The molecule has 0 spiro atoms. The minimum Gasteiger partial charge on any atom is -0.381 e. The van der Waals surface area contributed by atoms with Crippen molar-refractivity contribution in [3.8, 4) is 0 Å². The summed E-state index contributed by atoms with van der Waals surface area (Å²) in [6, 6.07) is 6.66. The molecule has 9 heteroatoms. The van der Waals surface area contributed by atoms with Gasteiger partial charge in [-0.3, -0.25) is 19.6 Å². The number of aromatic nitrogens is 1. The lowest BCUT2D eigenvalue weighted by Crippen LogP contribution is -2.47. The molecule has 3 aliphatic heterocycles. The summed E-state index contributed by atoms with van der Waals surface area (Å²) in [7, 11) is 0. The Morgan fingerprint density at radius 2 is 1.95 bits per heavy atom. The Morgan fingerprint density at radius 1 is 1.05 bits per heavy atom. The molecule has 1 aromatic carbocycles. The number of hydrogen-bond donors (Lipinski definition) is 1. The van der Waals surface area contributed by atoms with Gasteiger partial charge in [0.1, 0.15) is 0 Å². The van der Waals surface area contributed by atoms with Gasteiger partial charge >= 0.3 is 6.18 Å². The zero-order chi connectivity index (χ0) is 27.7. The summed E-state index contributed by atoms with van der Waals surface area (Å²) in [4.78, 5) is 22.3. The number of benzene rings is 1. The predicted molar refractivity (Wildman–Crippen MR) is 146 cm³/mol. The fourth-order valence-electron chi connectivity index (χ4n) is 7.37. The zero-order valence-electron chi connectivity index (χ0n) is 23.0. The first-order valence-electron chi connectivity index (χ1n) is 14.8. The fraction of sp³-hybridized carbons (Fsp3) is 0.613. The lowest BCUT2D eigenvalue weighted by molar-refractivity contribution is -0.137. The van der Waals surface area contributed by atoms with Crippen LogP contribution < -0.4 is 5.32 Å². The molecule has 6 rings (SSSR count). The van der Waals surface area contributed by atoms with Crippen molar-refractivity contribution in [2.24, 2.45) is 5.92 Å². The lowest BCUT2D eigenvalue weighted by atomic mass is 9.88. The molecule has 40 heavy (non-hydrogen) atoms. The molecule has 2 fully saturated rings. The molecular formula is C31H39F3N4O2. The molecule has 0 radical (unpaired) electrons. The summed E-state index contributed by atoms with van der Waals surface area (Å²) < 4.78 is 45.5. The summed E-state index contributed by atoms with van der Waals surface area (Å²) in [5, 5.41) is 3.37. The number of rotatable bonds is 6. The second kappa shape index (κ2) is 11.8. The van der Waals surface area contributed by atoms with Gasteiger partial charge in [-0.2, -0.15) is 13.2 Å². The number of nitrogens with zero attached hydrogens (tertiary/aromatic N) is 3. The highest BCUT2D eigenvalue weighted by Gasteiger charge is 2.39. The van der Waals surface area contributed by atoms with E-state index in [0.717, 1.165) is 76.5 Å². The van der Waals surface area contributed by atoms with Gasteiger partial charge in [0, 0.05) is 63.9 Å². The maximum absolute atomic E-state index is 13.3. The molecular weight excluding hydrogens is 517 g/mol. The summed E-state index contributed by atoms with van der Waals surface area (Å²) in [6.07, 6.45) is 6.64. The fourth-order valence-corrected chi connectivity index (χ4v) is 7.37. The molecule has 3 unspecified atom stereocenters. The maximum Gasteiger partial charge on any atom is 0.416 e. The SMILES string of the molecule is O=C(CN1CCc2ccc(C(F)(F)F)cc2C1)NC1CN(C2CCCOCC2)C[C@@H]1CC1CCc2ccncc21. The minimum absolute atomic E-state index is 0.0371. The Bertz CT molecular complexity index is 1200. The van der Waals surface area contributed by atoms with Crippen molar-refractivity contribution in [3.63, 3.8) is 0 Å². The molecule has 4 aliphatic rings. The van der Waals surface area contributed by atoms with Crippen molar-refractivity contribution in [1.29, 1.82) is 0 Å². The Labute approximate surface area is 234 Å². The van der Waals surface area contributed by atoms with Crippen molar-refractivity contribution >= 4 is 5.91 Å². The highest BCUT2D eigenvalue weighted by atomic mass is 19.4. The van der Waals surface area contributed by atoms with E-state index in [4.69, 9.17) is 4.74 Å². The molecule has 216 valence electrons. The number of hydrogen-bond acceptors (Lipinski definition) is 5. The van der Waals surface area contributed by atoms with Crippen LogP contribution in [0.15, 0.2) is 36.7 Å². The van der Waals surface area contributed by atoms with Gasteiger partial charge in [0.15, 0.2) is 0 Å². The lowest BCUT2D eigenvalue weighted by Gasteiger charge is -2.30. The van der Waals surface area contributed by atoms with Gasteiger partial charge < -0.3 is 10.1 Å². The smallest absolute Gasteiger partial charge is 0.381 e. The Kier molecular flexibility index (Phi) is 8.15. The standard InChI is InChI=1S/C31H39F3N4O2/c32-31(33,34)26-6-5-21-8-11-37(17-24(21)15-26)20-30(39)36-29-19-38(27-2-1-12-40-13-9-27)18-25(29)14-23-4-3-22-7-10-35-16-28(22)23/h5-7,10,15-16,23,25,27,29H,1-4,8-9,11-14,17-20H2,(H,36,39)/t23?,25-,27?,29?/m0/s1. The third kappa shape index (κ3) is 6.21. The largest absolute Gasteiger partial charge is 0.416 e. The molecule has 0 saturated carbocycles. The third-order valence-electron chi connectivity index (χ3n) is 9.48. The van der Waals surface area contributed by atoms with Crippen molar-refractivity contribution in [2.45, 2.75) is 75.7 Å². The van der Waals surface area contributed by atoms with E-state index in [1.807, 2.05) is 17.3 Å². The number of pyridine rings is 1. The third-order valence-corrected chi connectivity index (χ3v) is 9.48. The van der Waals surface area contributed by atoms with Crippen molar-refractivity contribution in [1.82, 2.24) is 20.1 Å². The number of aryl methyl sites for hydroxylation is 1. The van der Waals surface area contributed by atoms with Crippen LogP contribution in [-0.2, 0) is 35.1 Å². The highest BCUT2D eigenvalue weighted by Crippen LogP contribution is 2.40. The van der Waals surface area contributed by atoms with E-state index >= 15 is 0 Å². The van der Waals surface area contributed by atoms with Gasteiger partial charge in [0.2, 0.25) is 5.91 Å². The molecule has 1 N–H and O–H groups in total. The summed E-state index contributed by atoms with van der Waals surface area (Å²) in [5.74, 6) is 0.776. The number of amides is 1. The first-order chi connectivity index (χ1) is 19.3. The Balaban J connectivity index is 1.12. The van der Waals surface area contributed by atoms with E-state index in [0.29, 0.717) is 43.0 Å². The van der Waals surface area contributed by atoms with Gasteiger partial charge in [0.05, 0.1) is 12.1 Å². The normalized spacial score (nSPS) is 27.7. The molecule has 1 aliphatic carbocycles. The van der Waals surface area contributed by atoms with Crippen molar-refractivity contribution in [3.05, 3.63) is 64.5 Å². The number of carbonyl (C=O) groups excluding carboxylic acids is 1. The van der Waals surface area contributed by atoms with Crippen LogP contribution in [0.3, 0.4) is 0 Å². The topological polar surface area (TPSA) is 57.7 Å². The Hall–Kier alpha value is -2.49. The van der Waals surface area contributed by atoms with Crippen molar-refractivity contribution in [2.75, 3.05) is 39.4 Å². The van der Waals surface area contributed by atoms with Crippen LogP contribution in [0.5, 0.6) is 0 Å². The van der Waals surface area contributed by atoms with Gasteiger partial charge in [0.25, 0.3) is 0 Å². The van der Waals surface area contributed by atoms with Crippen LogP contribution in [0.1, 0.15) is 65.8 Å². The van der Waals surface area contributed by atoms with Gasteiger partial charge in [-0.05, 0) is 97.2 Å². The molecule has 6 nitrogen and oxygen atoms in total. The van der Waals surface area contributed by atoms with Crippen LogP contribution >= 0.6 is 0 Å². The molecule has 2 saturated heterocycles. The van der Waals surface area contributed by atoms with Crippen LogP contribution in [-0.4, -0.2) is 72.2 Å². The maximum atomic E-state index is 13.3. The number of carbonyl (C=O) groups is 1. The molecule has 0 bridgehead atoms. The van der Waals surface area contributed by atoms with Gasteiger partial charge in [-0.25, -0.2) is 0 Å². The molecule has 4 atom stereocenters. The predicted octanol–water partition coefficient (Wildman–Crippen LogP) is 4.56. The van der Waals surface area contributed by atoms with E-state index in [2.05, 4.69) is 21.3 Å². The second-order valence-corrected chi connectivity index (χ2v) is 12.1. The van der Waals surface area contributed by atoms with Gasteiger partial charge in [-0.1, -0.05) is 6.07 Å². The first-order valence-corrected chi connectivity index (χ1v) is 14.8. The summed E-state index contributed by atoms with van der Waals surface area (Å²) >= 11 is 0. The zero-order valence-corrected chi connectivity index (χ0v) is 23.0. The minimum atomic E-state index is -4.36. The van der Waals surface area contributed by atoms with Crippen LogP contribution in [0.25, 0.3) is 0 Å². The summed E-state index contributed by atoms with van der Waals surface area (Å²) in [5.41, 5.74) is 3.74. The Morgan fingerprint density at radius 3 is 2.83 bits per heavy atom. The molecule has 1 amide bonds. The van der Waals surface area contributed by atoms with E-state index in [9.17, 15) is 18.0 Å². The monoisotopic (exact) mass is 556 g/mol. The number of halogens is 3. The number of fused-ring (bicyclic) bond motifs is 2. The van der Waals surface area contributed by atoms with Crippen molar-refractivity contribution < 1.29 is 22.7 Å². The molecule has 1 aromatic heterocycles. The quantitative estimate of drug-likeness (QED) is 0.565.